The van der Waals surface area contributed by atoms with E-state index in [0.717, 1.165) is 24.7 Å². The molecule has 0 saturated carbocycles. The predicted molar refractivity (Wildman–Crippen MR) is 82.3 cm³/mol. The summed E-state index contributed by atoms with van der Waals surface area (Å²) in [4.78, 5) is 28.1. The van der Waals surface area contributed by atoms with E-state index in [1.165, 1.54) is 0 Å². The molecular formula is C17H22N2O3. The zero-order valence-electron chi connectivity index (χ0n) is 12.7. The molecule has 2 unspecified atom stereocenters. The summed E-state index contributed by atoms with van der Waals surface area (Å²) in [5.41, 5.74) is 1.14. The van der Waals surface area contributed by atoms with Crippen LogP contribution in [-0.4, -0.2) is 60.4 Å². The third-order valence-electron chi connectivity index (χ3n) is 4.54. The number of hydrogen-bond donors (Lipinski definition) is 0. The van der Waals surface area contributed by atoms with Crippen LogP contribution in [0.15, 0.2) is 30.3 Å². The molecule has 3 rings (SSSR count). The third-order valence-corrected chi connectivity index (χ3v) is 4.54. The second kappa shape index (κ2) is 7.03. The van der Waals surface area contributed by atoms with E-state index in [4.69, 9.17) is 4.74 Å². The molecule has 22 heavy (non-hydrogen) atoms. The van der Waals surface area contributed by atoms with Gasteiger partial charge in [0.15, 0.2) is 0 Å². The molecule has 0 spiro atoms. The number of morpholine rings is 1. The molecule has 5 heteroatoms. The van der Waals surface area contributed by atoms with Gasteiger partial charge in [0.25, 0.3) is 0 Å². The standard InChI is InChI=1S/C17H22N2O3/c20-13-15-6-7-16(17(21)18-8-10-22-11-9-18)19(15)12-14-4-2-1-3-5-14/h1-5,13,15-16H,6-12H2. The van der Waals surface area contributed by atoms with E-state index in [2.05, 4.69) is 4.90 Å². The van der Waals surface area contributed by atoms with Crippen molar-refractivity contribution in [1.29, 1.82) is 0 Å². The van der Waals surface area contributed by atoms with Crippen LogP contribution in [0.4, 0.5) is 0 Å². The third kappa shape index (κ3) is 3.20. The zero-order valence-corrected chi connectivity index (χ0v) is 12.7. The van der Waals surface area contributed by atoms with Gasteiger partial charge in [-0.05, 0) is 18.4 Å². The number of benzene rings is 1. The largest absolute Gasteiger partial charge is 0.378 e. The number of hydrogen-bond acceptors (Lipinski definition) is 4. The van der Waals surface area contributed by atoms with E-state index in [1.807, 2.05) is 35.2 Å². The van der Waals surface area contributed by atoms with Crippen molar-refractivity contribution in [3.8, 4) is 0 Å². The highest BCUT2D eigenvalue weighted by Gasteiger charge is 2.39. The average molecular weight is 302 g/mol. The van der Waals surface area contributed by atoms with Gasteiger partial charge in [0, 0.05) is 19.6 Å². The second-order valence-corrected chi connectivity index (χ2v) is 5.89. The first-order chi connectivity index (χ1) is 10.8. The first-order valence-electron chi connectivity index (χ1n) is 7.91. The number of carbonyl (C=O) groups excluding carboxylic acids is 2. The smallest absolute Gasteiger partial charge is 0.240 e. The number of nitrogens with zero attached hydrogens (tertiary/aromatic N) is 2. The lowest BCUT2D eigenvalue weighted by Crippen LogP contribution is -2.51. The number of likely N-dealkylation sites (tertiary alicyclic amines) is 1. The maximum absolute atomic E-state index is 12.8. The van der Waals surface area contributed by atoms with Crippen LogP contribution >= 0.6 is 0 Å². The molecule has 118 valence electrons. The van der Waals surface area contributed by atoms with Crippen LogP contribution in [-0.2, 0) is 20.9 Å². The predicted octanol–water partition coefficient (Wildman–Crippen LogP) is 1.08. The average Bonchev–Trinajstić information content (AvgIpc) is 2.98. The van der Waals surface area contributed by atoms with E-state index in [9.17, 15) is 9.59 Å². The highest BCUT2D eigenvalue weighted by molar-refractivity contribution is 5.83. The van der Waals surface area contributed by atoms with Gasteiger partial charge in [-0.2, -0.15) is 0 Å². The first-order valence-corrected chi connectivity index (χ1v) is 7.91. The van der Waals surface area contributed by atoms with Crippen molar-refractivity contribution in [1.82, 2.24) is 9.80 Å². The summed E-state index contributed by atoms with van der Waals surface area (Å²) in [6.07, 6.45) is 2.50. The lowest BCUT2D eigenvalue weighted by molar-refractivity contribution is -0.141. The van der Waals surface area contributed by atoms with Crippen molar-refractivity contribution in [2.45, 2.75) is 31.5 Å². The first kappa shape index (κ1) is 15.2. The Bertz CT molecular complexity index is 514. The van der Waals surface area contributed by atoms with Crippen molar-refractivity contribution in [2.75, 3.05) is 26.3 Å². The van der Waals surface area contributed by atoms with Crippen molar-refractivity contribution in [2.24, 2.45) is 0 Å². The maximum Gasteiger partial charge on any atom is 0.240 e. The Morgan fingerprint density at radius 3 is 2.59 bits per heavy atom. The van der Waals surface area contributed by atoms with Gasteiger partial charge in [-0.15, -0.1) is 0 Å². The molecule has 0 radical (unpaired) electrons. The Labute approximate surface area is 130 Å². The molecule has 2 aliphatic heterocycles. The van der Waals surface area contributed by atoms with Crippen LogP contribution in [0.2, 0.25) is 0 Å². The van der Waals surface area contributed by atoms with E-state index in [-0.39, 0.29) is 18.0 Å². The molecule has 0 N–H and O–H groups in total. The lowest BCUT2D eigenvalue weighted by atomic mass is 10.1. The molecule has 0 bridgehead atoms. The Morgan fingerprint density at radius 1 is 1.18 bits per heavy atom. The molecule has 5 nitrogen and oxygen atoms in total. The van der Waals surface area contributed by atoms with Crippen LogP contribution in [0.25, 0.3) is 0 Å². The summed E-state index contributed by atoms with van der Waals surface area (Å²) < 4.78 is 5.31. The molecule has 0 aliphatic carbocycles. The van der Waals surface area contributed by atoms with Gasteiger partial charge in [-0.3, -0.25) is 9.69 Å². The number of ether oxygens (including phenoxy) is 1. The van der Waals surface area contributed by atoms with E-state index in [1.54, 1.807) is 0 Å². The Morgan fingerprint density at radius 2 is 1.91 bits per heavy atom. The normalized spacial score (nSPS) is 26.1. The summed E-state index contributed by atoms with van der Waals surface area (Å²) in [7, 11) is 0. The van der Waals surface area contributed by atoms with E-state index >= 15 is 0 Å². The summed E-state index contributed by atoms with van der Waals surface area (Å²) in [5, 5.41) is 0. The monoisotopic (exact) mass is 302 g/mol. The van der Waals surface area contributed by atoms with Crippen LogP contribution in [0.5, 0.6) is 0 Å². The van der Waals surface area contributed by atoms with Gasteiger partial charge >= 0.3 is 0 Å². The van der Waals surface area contributed by atoms with Gasteiger partial charge in [-0.1, -0.05) is 30.3 Å². The van der Waals surface area contributed by atoms with Gasteiger partial charge in [0.2, 0.25) is 5.91 Å². The van der Waals surface area contributed by atoms with Crippen molar-refractivity contribution >= 4 is 12.2 Å². The van der Waals surface area contributed by atoms with Crippen LogP contribution < -0.4 is 0 Å². The molecule has 2 fully saturated rings. The Hall–Kier alpha value is -1.72. The molecule has 2 heterocycles. The molecule has 2 aliphatic rings. The summed E-state index contributed by atoms with van der Waals surface area (Å²) in [6.45, 7) is 3.16. The zero-order chi connectivity index (χ0) is 15.4. The number of aldehydes is 1. The van der Waals surface area contributed by atoms with Gasteiger partial charge in [0.1, 0.15) is 6.29 Å². The highest BCUT2D eigenvalue weighted by atomic mass is 16.5. The molecule has 1 aromatic carbocycles. The summed E-state index contributed by atoms with van der Waals surface area (Å²) in [5.74, 6) is 0.142. The Kier molecular flexibility index (Phi) is 4.85. The van der Waals surface area contributed by atoms with Gasteiger partial charge in [0.05, 0.1) is 25.3 Å². The summed E-state index contributed by atoms with van der Waals surface area (Å²) >= 11 is 0. The fourth-order valence-electron chi connectivity index (χ4n) is 3.32. The SMILES string of the molecule is O=CC1CCC(C(=O)N2CCOCC2)N1Cc1ccccc1. The van der Waals surface area contributed by atoms with E-state index < -0.39 is 0 Å². The van der Waals surface area contributed by atoms with Gasteiger partial charge < -0.3 is 14.4 Å². The van der Waals surface area contributed by atoms with Crippen molar-refractivity contribution in [3.63, 3.8) is 0 Å². The number of amides is 1. The molecule has 0 aromatic heterocycles. The second-order valence-electron chi connectivity index (χ2n) is 5.89. The topological polar surface area (TPSA) is 49.9 Å². The van der Waals surface area contributed by atoms with Crippen LogP contribution in [0, 0.1) is 0 Å². The van der Waals surface area contributed by atoms with Gasteiger partial charge in [-0.25, -0.2) is 0 Å². The highest BCUT2D eigenvalue weighted by Crippen LogP contribution is 2.27. The summed E-state index contributed by atoms with van der Waals surface area (Å²) in [6, 6.07) is 9.68. The quantitative estimate of drug-likeness (QED) is 0.781. The fourth-order valence-corrected chi connectivity index (χ4v) is 3.32. The molecule has 1 amide bonds. The minimum atomic E-state index is -0.187. The molecule has 2 saturated heterocycles. The minimum Gasteiger partial charge on any atom is -0.378 e. The minimum absolute atomic E-state index is 0.142. The fraction of sp³-hybridized carbons (Fsp3) is 0.529. The van der Waals surface area contributed by atoms with Crippen molar-refractivity contribution < 1.29 is 14.3 Å². The van der Waals surface area contributed by atoms with E-state index in [0.29, 0.717) is 32.8 Å². The van der Waals surface area contributed by atoms with Crippen LogP contribution in [0.1, 0.15) is 18.4 Å². The molecule has 2 atom stereocenters. The molecular weight excluding hydrogens is 280 g/mol. The number of carbonyl (C=O) groups is 2. The van der Waals surface area contributed by atoms with Crippen LogP contribution in [0.3, 0.4) is 0 Å². The molecule has 1 aromatic rings. The number of rotatable bonds is 4. The van der Waals surface area contributed by atoms with Crippen molar-refractivity contribution in [3.05, 3.63) is 35.9 Å². The lowest BCUT2D eigenvalue weighted by Gasteiger charge is -2.33. The maximum atomic E-state index is 12.8. The Balaban J connectivity index is 1.73.